The number of benzene rings is 3. The summed E-state index contributed by atoms with van der Waals surface area (Å²) in [6, 6.07) is 21.8. The molecule has 3 aromatic carbocycles. The summed E-state index contributed by atoms with van der Waals surface area (Å²) in [4.78, 5) is 30.2. The molecule has 4 N–H and O–H groups in total. The van der Waals surface area contributed by atoms with E-state index in [0.717, 1.165) is 22.0 Å². The molecule has 10 heteroatoms. The Kier molecular flexibility index (Phi) is 11.0. The van der Waals surface area contributed by atoms with E-state index in [4.69, 9.17) is 18.9 Å². The SMILES string of the molecule is COc1cccc(COC(=O)NC(Cc2c[nH]c3ccccc23)C(=O)NC(C)(COCCO)Cc2ccccc2)c1OC. The van der Waals surface area contributed by atoms with Crippen LogP contribution in [0.15, 0.2) is 79.0 Å². The predicted octanol–water partition coefficient (Wildman–Crippen LogP) is 4.15. The molecule has 0 radical (unpaired) electrons. The van der Waals surface area contributed by atoms with Gasteiger partial charge in [-0.1, -0.05) is 60.7 Å². The minimum atomic E-state index is -0.966. The van der Waals surface area contributed by atoms with E-state index in [1.165, 1.54) is 14.2 Å². The molecule has 0 aliphatic heterocycles. The molecule has 0 saturated heterocycles. The van der Waals surface area contributed by atoms with Crippen molar-refractivity contribution in [3.8, 4) is 11.5 Å². The molecule has 4 aromatic rings. The molecule has 1 aromatic heterocycles. The van der Waals surface area contributed by atoms with Crippen LogP contribution in [0.2, 0.25) is 0 Å². The van der Waals surface area contributed by atoms with E-state index in [2.05, 4.69) is 15.6 Å². The fraction of sp³-hybridized carbons (Fsp3) is 0.333. The predicted molar refractivity (Wildman–Crippen MR) is 163 cm³/mol. The van der Waals surface area contributed by atoms with Crippen LogP contribution in [0.3, 0.4) is 0 Å². The Bertz CT molecular complexity index is 1490. The number of amides is 2. The molecule has 228 valence electrons. The quantitative estimate of drug-likeness (QED) is 0.153. The molecule has 1 heterocycles. The topological polar surface area (TPSA) is 131 Å². The highest BCUT2D eigenvalue weighted by Gasteiger charge is 2.32. The van der Waals surface area contributed by atoms with Gasteiger partial charge in [0.15, 0.2) is 11.5 Å². The molecule has 43 heavy (non-hydrogen) atoms. The number of aliphatic hydroxyl groups excluding tert-OH is 1. The Labute approximate surface area is 251 Å². The number of hydrogen-bond donors (Lipinski definition) is 4. The Morgan fingerprint density at radius 1 is 0.953 bits per heavy atom. The zero-order valence-electron chi connectivity index (χ0n) is 24.7. The molecule has 2 unspecified atom stereocenters. The van der Waals surface area contributed by atoms with Gasteiger partial charge in [0.25, 0.3) is 0 Å². The number of rotatable bonds is 15. The number of ether oxygens (including phenoxy) is 4. The van der Waals surface area contributed by atoms with E-state index < -0.39 is 23.6 Å². The molecular formula is C33H39N3O7. The largest absolute Gasteiger partial charge is 0.493 e. The maximum Gasteiger partial charge on any atom is 0.408 e. The first-order chi connectivity index (χ1) is 20.9. The van der Waals surface area contributed by atoms with Crippen LogP contribution < -0.4 is 20.1 Å². The molecular weight excluding hydrogens is 550 g/mol. The molecule has 0 saturated carbocycles. The lowest BCUT2D eigenvalue weighted by molar-refractivity contribution is -0.125. The third-order valence-electron chi connectivity index (χ3n) is 7.07. The van der Waals surface area contributed by atoms with Crippen LogP contribution in [-0.4, -0.2) is 67.7 Å². The lowest BCUT2D eigenvalue weighted by atomic mass is 9.92. The summed E-state index contributed by atoms with van der Waals surface area (Å²) in [6.07, 6.45) is 1.77. The van der Waals surface area contributed by atoms with Crippen molar-refractivity contribution in [1.29, 1.82) is 0 Å². The zero-order chi connectivity index (χ0) is 30.7. The number of carbonyl (C=O) groups excluding carboxylic acids is 2. The maximum atomic E-state index is 13.9. The van der Waals surface area contributed by atoms with Crippen LogP contribution in [-0.2, 0) is 33.7 Å². The normalized spacial score (nSPS) is 13.1. The van der Waals surface area contributed by atoms with Gasteiger partial charge in [-0.25, -0.2) is 4.79 Å². The monoisotopic (exact) mass is 589 g/mol. The van der Waals surface area contributed by atoms with Gasteiger partial charge in [-0.15, -0.1) is 0 Å². The molecule has 0 fully saturated rings. The summed E-state index contributed by atoms with van der Waals surface area (Å²) in [5.41, 5.74) is 2.59. The number of H-pyrrole nitrogens is 1. The molecule has 0 bridgehead atoms. The van der Waals surface area contributed by atoms with E-state index in [9.17, 15) is 14.7 Å². The third kappa shape index (κ3) is 8.50. The zero-order valence-corrected chi connectivity index (χ0v) is 24.7. The summed E-state index contributed by atoms with van der Waals surface area (Å²) in [5.74, 6) is 0.583. The first-order valence-corrected chi connectivity index (χ1v) is 14.1. The lowest BCUT2D eigenvalue weighted by Crippen LogP contribution is -2.58. The summed E-state index contributed by atoms with van der Waals surface area (Å²) < 4.78 is 22.0. The molecule has 10 nitrogen and oxygen atoms in total. The highest BCUT2D eigenvalue weighted by Crippen LogP contribution is 2.31. The van der Waals surface area contributed by atoms with Crippen molar-refractivity contribution >= 4 is 22.9 Å². The number of aromatic nitrogens is 1. The number of para-hydroxylation sites is 2. The number of alkyl carbamates (subject to hydrolysis) is 1. The Morgan fingerprint density at radius 3 is 2.47 bits per heavy atom. The van der Waals surface area contributed by atoms with Crippen LogP contribution in [0.25, 0.3) is 10.9 Å². The van der Waals surface area contributed by atoms with Crippen molar-refractivity contribution in [1.82, 2.24) is 15.6 Å². The van der Waals surface area contributed by atoms with Gasteiger partial charge < -0.3 is 39.7 Å². The van der Waals surface area contributed by atoms with Crippen molar-refractivity contribution in [2.45, 2.75) is 38.0 Å². The minimum Gasteiger partial charge on any atom is -0.493 e. The number of hydrogen-bond acceptors (Lipinski definition) is 7. The van der Waals surface area contributed by atoms with E-state index in [1.807, 2.05) is 67.7 Å². The van der Waals surface area contributed by atoms with Crippen LogP contribution >= 0.6 is 0 Å². The molecule has 0 spiro atoms. The van der Waals surface area contributed by atoms with E-state index in [0.29, 0.717) is 23.5 Å². The molecule has 2 amide bonds. The fourth-order valence-electron chi connectivity index (χ4n) is 5.05. The summed E-state index contributed by atoms with van der Waals surface area (Å²) in [6.45, 7) is 1.95. The van der Waals surface area contributed by atoms with Gasteiger partial charge in [0.2, 0.25) is 5.91 Å². The van der Waals surface area contributed by atoms with Gasteiger partial charge in [-0.05, 0) is 36.6 Å². The standard InChI is InChI=1S/C33H39N3O7/c1-33(22-42-17-16-37,19-23-10-5-4-6-11-23)36-31(38)28(18-25-20-34-27-14-8-7-13-26(25)27)35-32(39)43-21-24-12-9-15-29(40-2)30(24)41-3/h4-15,20,28,34,37H,16-19,21-22H2,1-3H3,(H,35,39)(H,36,38). The number of aromatic amines is 1. The van der Waals surface area contributed by atoms with Crippen LogP contribution in [0.4, 0.5) is 4.79 Å². The van der Waals surface area contributed by atoms with Gasteiger partial charge in [-0.3, -0.25) is 4.79 Å². The summed E-state index contributed by atoms with van der Waals surface area (Å²) in [7, 11) is 3.04. The minimum absolute atomic E-state index is 0.0889. The second kappa shape index (κ2) is 15.1. The molecule has 0 aliphatic carbocycles. The van der Waals surface area contributed by atoms with Gasteiger partial charge in [-0.2, -0.15) is 0 Å². The second-order valence-corrected chi connectivity index (χ2v) is 10.5. The van der Waals surface area contributed by atoms with Gasteiger partial charge in [0.1, 0.15) is 12.6 Å². The summed E-state index contributed by atoms with van der Waals surface area (Å²) >= 11 is 0. The van der Waals surface area contributed by atoms with E-state index in [-0.39, 0.29) is 32.8 Å². The summed E-state index contributed by atoms with van der Waals surface area (Å²) in [5, 5.41) is 16.1. The number of aliphatic hydroxyl groups is 1. The number of nitrogens with one attached hydrogen (secondary N) is 3. The maximum absolute atomic E-state index is 13.9. The lowest BCUT2D eigenvalue weighted by Gasteiger charge is -2.33. The molecule has 2 atom stereocenters. The Balaban J connectivity index is 1.54. The first-order valence-electron chi connectivity index (χ1n) is 14.1. The van der Waals surface area contributed by atoms with E-state index in [1.54, 1.807) is 18.2 Å². The average molecular weight is 590 g/mol. The highest BCUT2D eigenvalue weighted by molar-refractivity contribution is 5.88. The van der Waals surface area contributed by atoms with Crippen LogP contribution in [0.5, 0.6) is 11.5 Å². The second-order valence-electron chi connectivity index (χ2n) is 10.5. The number of fused-ring (bicyclic) bond motifs is 1. The average Bonchev–Trinajstić information content (AvgIpc) is 3.42. The van der Waals surface area contributed by atoms with Gasteiger partial charge >= 0.3 is 6.09 Å². The van der Waals surface area contributed by atoms with Gasteiger partial charge in [0.05, 0.1) is 39.6 Å². The van der Waals surface area contributed by atoms with Gasteiger partial charge in [0, 0.05) is 29.1 Å². The Morgan fingerprint density at radius 2 is 1.72 bits per heavy atom. The van der Waals surface area contributed by atoms with Crippen molar-refractivity contribution in [3.05, 3.63) is 95.7 Å². The van der Waals surface area contributed by atoms with Crippen molar-refractivity contribution in [2.24, 2.45) is 0 Å². The number of methoxy groups -OCH3 is 2. The smallest absolute Gasteiger partial charge is 0.408 e. The highest BCUT2D eigenvalue weighted by atomic mass is 16.6. The van der Waals surface area contributed by atoms with Crippen molar-refractivity contribution < 1.29 is 33.6 Å². The molecule has 4 rings (SSSR count). The third-order valence-corrected chi connectivity index (χ3v) is 7.07. The number of carbonyl (C=O) groups is 2. The fourth-order valence-corrected chi connectivity index (χ4v) is 5.05. The molecule has 0 aliphatic rings. The first kappa shape index (κ1) is 31.4. The Hall–Kier alpha value is -4.54. The van der Waals surface area contributed by atoms with E-state index >= 15 is 0 Å². The van der Waals surface area contributed by atoms with Crippen LogP contribution in [0.1, 0.15) is 23.6 Å². The van der Waals surface area contributed by atoms with Crippen molar-refractivity contribution in [2.75, 3.05) is 34.0 Å². The van der Waals surface area contributed by atoms with Crippen LogP contribution in [0, 0.1) is 0 Å². The van der Waals surface area contributed by atoms with Crippen molar-refractivity contribution in [3.63, 3.8) is 0 Å².